The Kier molecular flexibility index (Phi) is 8.12. The molecule has 3 nitrogen and oxygen atoms in total. The third kappa shape index (κ3) is 8.79. The van der Waals surface area contributed by atoms with Gasteiger partial charge in [-0.25, -0.2) is 0 Å². The van der Waals surface area contributed by atoms with E-state index in [0.717, 1.165) is 25.8 Å². The van der Waals surface area contributed by atoms with Gasteiger partial charge in [-0.15, -0.1) is 0 Å². The number of ether oxygens (including phenoxy) is 1. The van der Waals surface area contributed by atoms with E-state index in [1.54, 1.807) is 12.2 Å². The lowest BCUT2D eigenvalue weighted by Crippen LogP contribution is -1.99. The largest absolute Gasteiger partial charge is 0.494 e. The van der Waals surface area contributed by atoms with E-state index in [9.17, 15) is 0 Å². The van der Waals surface area contributed by atoms with Crippen LogP contribution in [0.5, 0.6) is 0 Å². The predicted molar refractivity (Wildman–Crippen MR) is 61.9 cm³/mol. The van der Waals surface area contributed by atoms with Crippen molar-refractivity contribution < 1.29 is 4.74 Å². The SMILES string of the molecule is C=C(C#N)/C=C\C(=C)OCCCCCN. The van der Waals surface area contributed by atoms with Gasteiger partial charge in [-0.05, 0) is 38.0 Å². The highest BCUT2D eigenvalue weighted by molar-refractivity contribution is 5.32. The molecule has 0 heterocycles. The molecule has 0 atom stereocenters. The minimum atomic E-state index is 0.392. The van der Waals surface area contributed by atoms with E-state index in [1.807, 2.05) is 6.07 Å². The maximum Gasteiger partial charge on any atom is 0.112 e. The van der Waals surface area contributed by atoms with Crippen LogP contribution in [-0.2, 0) is 4.74 Å². The first-order valence-electron chi connectivity index (χ1n) is 4.99. The molecule has 0 saturated carbocycles. The van der Waals surface area contributed by atoms with Crippen molar-refractivity contribution in [2.24, 2.45) is 5.73 Å². The fourth-order valence-corrected chi connectivity index (χ4v) is 0.905. The molecular weight excluding hydrogens is 188 g/mol. The molecule has 0 saturated heterocycles. The molecule has 2 N–H and O–H groups in total. The molecule has 0 aliphatic carbocycles. The van der Waals surface area contributed by atoms with Gasteiger partial charge >= 0.3 is 0 Å². The Labute approximate surface area is 91.5 Å². The van der Waals surface area contributed by atoms with Gasteiger partial charge in [-0.1, -0.05) is 13.2 Å². The van der Waals surface area contributed by atoms with Crippen LogP contribution in [0, 0.1) is 11.3 Å². The third-order valence-corrected chi connectivity index (χ3v) is 1.75. The molecule has 0 radical (unpaired) electrons. The minimum absolute atomic E-state index is 0.392. The number of nitrogens with two attached hydrogens (primary N) is 1. The molecule has 0 bridgehead atoms. The Hall–Kier alpha value is -1.53. The van der Waals surface area contributed by atoms with Crippen LogP contribution >= 0.6 is 0 Å². The monoisotopic (exact) mass is 206 g/mol. The summed E-state index contributed by atoms with van der Waals surface area (Å²) in [5.74, 6) is 0.555. The van der Waals surface area contributed by atoms with E-state index in [0.29, 0.717) is 17.9 Å². The van der Waals surface area contributed by atoms with E-state index in [4.69, 9.17) is 15.7 Å². The summed E-state index contributed by atoms with van der Waals surface area (Å²) < 4.78 is 5.31. The lowest BCUT2D eigenvalue weighted by atomic mass is 10.2. The molecule has 0 aliphatic heterocycles. The number of nitrogens with zero attached hydrogens (tertiary/aromatic N) is 1. The quantitative estimate of drug-likeness (QED) is 0.287. The summed E-state index contributed by atoms with van der Waals surface area (Å²) in [6, 6.07) is 1.91. The van der Waals surface area contributed by atoms with Crippen molar-refractivity contribution in [1.82, 2.24) is 0 Å². The number of hydrogen-bond donors (Lipinski definition) is 1. The molecule has 0 aromatic rings. The number of allylic oxidation sites excluding steroid dienone is 3. The normalized spacial score (nSPS) is 9.87. The van der Waals surface area contributed by atoms with Crippen LogP contribution in [-0.4, -0.2) is 13.2 Å². The Bertz CT molecular complexity index is 274. The zero-order valence-electron chi connectivity index (χ0n) is 9.04. The average Bonchev–Trinajstić information content (AvgIpc) is 2.25. The smallest absolute Gasteiger partial charge is 0.112 e. The molecule has 0 rings (SSSR count). The van der Waals surface area contributed by atoms with E-state index < -0.39 is 0 Å². The fraction of sp³-hybridized carbons (Fsp3) is 0.417. The highest BCUT2D eigenvalue weighted by Crippen LogP contribution is 2.02. The first kappa shape index (κ1) is 13.5. The van der Waals surface area contributed by atoms with E-state index in [2.05, 4.69) is 13.2 Å². The third-order valence-electron chi connectivity index (χ3n) is 1.75. The molecule has 0 spiro atoms. The van der Waals surface area contributed by atoms with Crippen molar-refractivity contribution in [2.75, 3.05) is 13.2 Å². The van der Waals surface area contributed by atoms with Crippen molar-refractivity contribution in [2.45, 2.75) is 19.3 Å². The molecule has 3 heteroatoms. The fourth-order valence-electron chi connectivity index (χ4n) is 0.905. The average molecular weight is 206 g/mol. The highest BCUT2D eigenvalue weighted by Gasteiger charge is 1.91. The van der Waals surface area contributed by atoms with Gasteiger partial charge in [0.2, 0.25) is 0 Å². The molecule has 82 valence electrons. The van der Waals surface area contributed by atoms with Crippen LogP contribution in [0.2, 0.25) is 0 Å². The van der Waals surface area contributed by atoms with Gasteiger partial charge in [0.15, 0.2) is 0 Å². The summed E-state index contributed by atoms with van der Waals surface area (Å²) in [5.41, 5.74) is 5.75. The topological polar surface area (TPSA) is 59.0 Å². The van der Waals surface area contributed by atoms with Gasteiger partial charge < -0.3 is 10.5 Å². The van der Waals surface area contributed by atoms with Crippen LogP contribution in [0.25, 0.3) is 0 Å². The maximum absolute atomic E-state index is 8.44. The van der Waals surface area contributed by atoms with Crippen LogP contribution in [0.1, 0.15) is 19.3 Å². The molecule has 0 aliphatic rings. The van der Waals surface area contributed by atoms with Gasteiger partial charge in [0.1, 0.15) is 5.76 Å². The molecule has 0 aromatic heterocycles. The molecule has 0 aromatic carbocycles. The van der Waals surface area contributed by atoms with Gasteiger partial charge in [0.05, 0.1) is 12.7 Å². The minimum Gasteiger partial charge on any atom is -0.494 e. The van der Waals surface area contributed by atoms with Crippen LogP contribution in [0.15, 0.2) is 36.6 Å². The second-order valence-corrected chi connectivity index (χ2v) is 3.13. The lowest BCUT2D eigenvalue weighted by Gasteiger charge is -2.04. The van der Waals surface area contributed by atoms with Crippen molar-refractivity contribution in [3.8, 4) is 6.07 Å². The zero-order chi connectivity index (χ0) is 11.5. The summed E-state index contributed by atoms with van der Waals surface area (Å²) in [5, 5.41) is 8.44. The summed E-state index contributed by atoms with van der Waals surface area (Å²) in [7, 11) is 0. The van der Waals surface area contributed by atoms with Crippen molar-refractivity contribution in [1.29, 1.82) is 5.26 Å². The second kappa shape index (κ2) is 9.04. The number of hydrogen-bond acceptors (Lipinski definition) is 3. The second-order valence-electron chi connectivity index (χ2n) is 3.13. The summed E-state index contributed by atoms with van der Waals surface area (Å²) in [6.07, 6.45) is 6.30. The van der Waals surface area contributed by atoms with Crippen LogP contribution in [0.4, 0.5) is 0 Å². The standard InChI is InChI=1S/C12H18N2O/c1-11(10-14)6-7-12(2)15-9-5-3-4-8-13/h6-7H,1-5,8-9,13H2/b7-6-. The summed E-state index contributed by atoms with van der Waals surface area (Å²) >= 11 is 0. The van der Waals surface area contributed by atoms with Gasteiger partial charge in [-0.2, -0.15) is 5.26 Å². The summed E-state index contributed by atoms with van der Waals surface area (Å²) in [4.78, 5) is 0. The Morgan fingerprint density at radius 3 is 2.60 bits per heavy atom. The van der Waals surface area contributed by atoms with Gasteiger partial charge in [-0.3, -0.25) is 0 Å². The van der Waals surface area contributed by atoms with Crippen molar-refractivity contribution in [3.63, 3.8) is 0 Å². The van der Waals surface area contributed by atoms with Crippen molar-refractivity contribution >= 4 is 0 Å². The van der Waals surface area contributed by atoms with E-state index >= 15 is 0 Å². The number of rotatable bonds is 8. The van der Waals surface area contributed by atoms with Gasteiger partial charge in [0, 0.05) is 5.57 Å². The molecule has 15 heavy (non-hydrogen) atoms. The molecule has 0 amide bonds. The predicted octanol–water partition coefficient (Wildman–Crippen LogP) is 2.28. The maximum atomic E-state index is 8.44. The van der Waals surface area contributed by atoms with Crippen LogP contribution < -0.4 is 5.73 Å². The molecule has 0 unspecified atom stereocenters. The first-order chi connectivity index (χ1) is 7.20. The van der Waals surface area contributed by atoms with Crippen LogP contribution in [0.3, 0.4) is 0 Å². The Morgan fingerprint density at radius 2 is 2.00 bits per heavy atom. The Balaban J connectivity index is 3.54. The summed E-state index contributed by atoms with van der Waals surface area (Å²) in [6.45, 7) is 8.57. The zero-order valence-corrected chi connectivity index (χ0v) is 9.04. The van der Waals surface area contributed by atoms with E-state index in [-0.39, 0.29) is 0 Å². The number of unbranched alkanes of at least 4 members (excludes halogenated alkanes) is 2. The van der Waals surface area contributed by atoms with E-state index in [1.165, 1.54) is 0 Å². The van der Waals surface area contributed by atoms with Gasteiger partial charge in [0.25, 0.3) is 0 Å². The molecular formula is C12H18N2O. The molecule has 0 fully saturated rings. The Morgan fingerprint density at radius 1 is 1.27 bits per heavy atom. The highest BCUT2D eigenvalue weighted by atomic mass is 16.5. The lowest BCUT2D eigenvalue weighted by molar-refractivity contribution is 0.218. The number of nitriles is 1. The first-order valence-corrected chi connectivity index (χ1v) is 4.99. The van der Waals surface area contributed by atoms with Crippen molar-refractivity contribution in [3.05, 3.63) is 36.6 Å².